The van der Waals surface area contributed by atoms with E-state index in [0.29, 0.717) is 48.3 Å². The first-order chi connectivity index (χ1) is 28.6. The summed E-state index contributed by atoms with van der Waals surface area (Å²) in [5.41, 5.74) is 1.19. The van der Waals surface area contributed by atoms with Crippen molar-refractivity contribution in [1.82, 2.24) is 14.9 Å². The molecule has 15 nitrogen and oxygen atoms in total. The smallest absolute Gasteiger partial charge is 0.335 e. The lowest BCUT2D eigenvalue weighted by Gasteiger charge is -2.68. The summed E-state index contributed by atoms with van der Waals surface area (Å²) in [6.07, 6.45) is 3.46. The number of nitrogens with zero attached hydrogens (tertiary/aromatic N) is 3. The molecule has 304 valence electrons. The van der Waals surface area contributed by atoms with Crippen LogP contribution in [0.2, 0.25) is 0 Å². The first-order valence-electron chi connectivity index (χ1n) is 19.3. The zero-order chi connectivity index (χ0) is 42.7. The number of carboxylic acids is 1. The van der Waals surface area contributed by atoms with E-state index in [2.05, 4.69) is 33.9 Å². The number of aromatic carboxylic acids is 1. The highest BCUT2D eigenvalue weighted by Gasteiger charge is 2.75. The fraction of sp³-hybridized carbons (Fsp3) is 0.267. The van der Waals surface area contributed by atoms with Gasteiger partial charge in [-0.3, -0.25) is 19.2 Å². The minimum Gasteiger partial charge on any atom is -0.504 e. The predicted octanol–water partition coefficient (Wildman–Crippen LogP) is 6.26. The standard InChI is InChI=1S/C45H41N7O8/c1-5-27-19-45(27,51-41(58)44-21-43(22-44,23-44)40-50-33-17-6-25(20-46)18-34(33)52(40)4)42(59)49-30-13-11-29(12-14-30)48-38(55)32-16-15-31(35(53)36(32)60-24(2)3)37(54)47-28-9-7-26(8-10-28)39(56)57/h5-18,24,27,53H,1,19,21-23H2,2-4H3,(H,47,54)(H,48,55)(H,49,59)(H,51,58)(H,56,57)/t27-,43?,44?,45-/m0/s1. The fourth-order valence-corrected chi connectivity index (χ4v) is 8.63. The molecule has 4 saturated carbocycles. The van der Waals surface area contributed by atoms with Gasteiger partial charge in [0.25, 0.3) is 17.7 Å². The summed E-state index contributed by atoms with van der Waals surface area (Å²) in [5, 5.41) is 40.9. The Balaban J connectivity index is 0.904. The van der Waals surface area contributed by atoms with Crippen molar-refractivity contribution in [3.8, 4) is 17.6 Å². The number of rotatable bonds is 13. The molecular formula is C45H41N7O8. The van der Waals surface area contributed by atoms with Gasteiger partial charge in [0.2, 0.25) is 5.91 Å². The predicted molar refractivity (Wildman–Crippen MR) is 221 cm³/mol. The highest BCUT2D eigenvalue weighted by atomic mass is 16.5. The molecule has 1 heterocycles. The van der Waals surface area contributed by atoms with Crippen LogP contribution in [0.5, 0.6) is 11.5 Å². The number of aromatic nitrogens is 2. The largest absolute Gasteiger partial charge is 0.504 e. The molecule has 0 spiro atoms. The van der Waals surface area contributed by atoms with E-state index in [1.807, 2.05) is 23.7 Å². The quantitative estimate of drug-likeness (QED) is 0.0732. The maximum atomic E-state index is 13.8. The molecule has 15 heteroatoms. The summed E-state index contributed by atoms with van der Waals surface area (Å²) in [4.78, 5) is 70.2. The van der Waals surface area contributed by atoms with Gasteiger partial charge >= 0.3 is 5.97 Å². The molecule has 4 aliphatic rings. The number of fused-ring (bicyclic) bond motifs is 1. The topological polar surface area (TPSA) is 225 Å². The number of hydrogen-bond donors (Lipinski definition) is 6. The lowest BCUT2D eigenvalue weighted by atomic mass is 9.34. The average Bonchev–Trinajstić information content (AvgIpc) is 3.82. The minimum absolute atomic E-state index is 0.0385. The summed E-state index contributed by atoms with van der Waals surface area (Å²) in [7, 11) is 1.93. The van der Waals surface area contributed by atoms with Gasteiger partial charge < -0.3 is 40.8 Å². The molecule has 4 aliphatic carbocycles. The molecule has 0 unspecified atom stereocenters. The number of carbonyl (C=O) groups excluding carboxylic acids is 4. The van der Waals surface area contributed by atoms with Crippen LogP contribution in [0.1, 0.15) is 82.0 Å². The second kappa shape index (κ2) is 14.4. The maximum Gasteiger partial charge on any atom is 0.335 e. The van der Waals surface area contributed by atoms with Crippen LogP contribution in [0, 0.1) is 22.7 Å². The first kappa shape index (κ1) is 39.4. The Morgan fingerprint density at radius 2 is 1.47 bits per heavy atom. The molecule has 0 saturated heterocycles. The van der Waals surface area contributed by atoms with Gasteiger partial charge in [0, 0.05) is 35.4 Å². The second-order valence-corrected chi connectivity index (χ2v) is 16.2. The molecule has 2 bridgehead atoms. The molecule has 2 atom stereocenters. The van der Waals surface area contributed by atoms with Crippen LogP contribution in [0.4, 0.5) is 17.1 Å². The van der Waals surface area contributed by atoms with Crippen molar-refractivity contribution < 1.29 is 38.9 Å². The molecule has 1 aromatic heterocycles. The monoisotopic (exact) mass is 807 g/mol. The van der Waals surface area contributed by atoms with E-state index in [-0.39, 0.29) is 45.6 Å². The number of phenolic OH excluding ortho intramolecular Hbond substituents is 1. The van der Waals surface area contributed by atoms with Gasteiger partial charge in [0.15, 0.2) is 11.5 Å². The number of aryl methyl sites for hydroxylation is 1. The Labute approximate surface area is 344 Å². The van der Waals surface area contributed by atoms with Gasteiger partial charge in [0.1, 0.15) is 11.4 Å². The summed E-state index contributed by atoms with van der Waals surface area (Å²) < 4.78 is 7.80. The van der Waals surface area contributed by atoms with Crippen LogP contribution in [-0.4, -0.2) is 61.0 Å². The van der Waals surface area contributed by atoms with Crippen molar-refractivity contribution in [3.05, 3.63) is 120 Å². The molecule has 4 aromatic carbocycles. The number of carbonyl (C=O) groups is 5. The van der Waals surface area contributed by atoms with Crippen molar-refractivity contribution in [2.24, 2.45) is 18.4 Å². The van der Waals surface area contributed by atoms with Gasteiger partial charge in [-0.25, -0.2) is 9.78 Å². The Bertz CT molecular complexity index is 2680. The third kappa shape index (κ3) is 6.65. The van der Waals surface area contributed by atoms with Crippen molar-refractivity contribution in [3.63, 3.8) is 0 Å². The number of amides is 4. The van der Waals surface area contributed by atoms with Crippen molar-refractivity contribution in [2.45, 2.75) is 56.6 Å². The van der Waals surface area contributed by atoms with Gasteiger partial charge in [-0.15, -0.1) is 6.58 Å². The fourth-order valence-electron chi connectivity index (χ4n) is 8.63. The first-order valence-corrected chi connectivity index (χ1v) is 19.3. The Morgan fingerprint density at radius 1 is 0.883 bits per heavy atom. The third-order valence-electron chi connectivity index (χ3n) is 11.8. The van der Waals surface area contributed by atoms with Crippen LogP contribution < -0.4 is 26.0 Å². The number of imidazole rings is 1. The number of benzene rings is 4. The molecule has 4 amide bonds. The molecular weight excluding hydrogens is 767 g/mol. The molecule has 9 rings (SSSR count). The normalized spacial score (nSPS) is 22.0. The summed E-state index contributed by atoms with van der Waals surface area (Å²) in [5.74, 6) is -3.13. The number of ether oxygens (including phenoxy) is 1. The summed E-state index contributed by atoms with van der Waals surface area (Å²) >= 11 is 0. The molecule has 0 aliphatic heterocycles. The molecule has 5 aromatic rings. The Morgan fingerprint density at radius 3 is 2.03 bits per heavy atom. The zero-order valence-electron chi connectivity index (χ0n) is 33.0. The van der Waals surface area contributed by atoms with Crippen LogP contribution in [0.25, 0.3) is 11.0 Å². The van der Waals surface area contributed by atoms with Gasteiger partial charge in [-0.2, -0.15) is 5.26 Å². The highest BCUT2D eigenvalue weighted by Crippen LogP contribution is 2.73. The SMILES string of the molecule is C=C[C@H]1C[C@@]1(NC(=O)C12CC(c3nc4ccc(C#N)cc4n3C)(C1)C2)C(=O)Nc1ccc(NC(=O)c2ccc(C(=O)Nc3ccc(C(=O)O)cc3)c(O)c2OC(C)C)cc1. The zero-order valence-corrected chi connectivity index (χ0v) is 33.0. The van der Waals surface area contributed by atoms with E-state index in [1.54, 1.807) is 50.3 Å². The number of hydrogen-bond acceptors (Lipinski definition) is 9. The summed E-state index contributed by atoms with van der Waals surface area (Å²) in [6.45, 7) is 7.27. The number of carboxylic acid groups (broad SMARTS) is 1. The number of nitrogens with one attached hydrogen (secondary N) is 4. The molecule has 60 heavy (non-hydrogen) atoms. The molecule has 6 N–H and O–H groups in total. The Hall–Kier alpha value is -7.47. The van der Waals surface area contributed by atoms with Gasteiger partial charge in [-0.05, 0) is 118 Å². The van der Waals surface area contributed by atoms with E-state index in [1.165, 1.54) is 36.4 Å². The number of nitriles is 1. The highest BCUT2D eigenvalue weighted by molar-refractivity contribution is 6.11. The van der Waals surface area contributed by atoms with Crippen LogP contribution in [0.3, 0.4) is 0 Å². The maximum absolute atomic E-state index is 13.8. The van der Waals surface area contributed by atoms with E-state index in [0.717, 1.165) is 16.9 Å². The number of phenols is 1. The van der Waals surface area contributed by atoms with Crippen molar-refractivity contribution in [2.75, 3.05) is 16.0 Å². The van der Waals surface area contributed by atoms with Crippen LogP contribution in [-0.2, 0) is 22.1 Å². The third-order valence-corrected chi connectivity index (χ3v) is 11.8. The van der Waals surface area contributed by atoms with Gasteiger partial charge in [-0.1, -0.05) is 6.08 Å². The number of aromatic hydroxyl groups is 1. The van der Waals surface area contributed by atoms with E-state index in [4.69, 9.17) is 14.8 Å². The lowest BCUT2D eigenvalue weighted by molar-refractivity contribution is -0.179. The Kier molecular flexibility index (Phi) is 9.46. The summed E-state index contributed by atoms with van der Waals surface area (Å²) in [6, 6.07) is 22.1. The van der Waals surface area contributed by atoms with E-state index >= 15 is 0 Å². The average molecular weight is 808 g/mol. The number of anilines is 3. The van der Waals surface area contributed by atoms with Crippen molar-refractivity contribution >= 4 is 57.7 Å². The second-order valence-electron chi connectivity index (χ2n) is 16.2. The lowest BCUT2D eigenvalue weighted by Crippen LogP contribution is -2.72. The van der Waals surface area contributed by atoms with Crippen molar-refractivity contribution in [1.29, 1.82) is 5.26 Å². The molecule has 0 radical (unpaired) electrons. The van der Waals surface area contributed by atoms with E-state index < -0.39 is 40.6 Å². The van der Waals surface area contributed by atoms with Gasteiger partial charge in [0.05, 0.1) is 50.9 Å². The van der Waals surface area contributed by atoms with Crippen LogP contribution >= 0.6 is 0 Å². The van der Waals surface area contributed by atoms with E-state index in [9.17, 15) is 34.3 Å². The minimum atomic E-state index is -1.15. The molecule has 4 fully saturated rings. The van der Waals surface area contributed by atoms with Crippen LogP contribution in [0.15, 0.2) is 91.5 Å².